The quantitative estimate of drug-likeness (QED) is 0.867. The molecule has 1 aromatic rings. The Bertz CT molecular complexity index is 370. The van der Waals surface area contributed by atoms with E-state index in [1.54, 1.807) is 0 Å². The first-order valence-electron chi connectivity index (χ1n) is 6.08. The summed E-state index contributed by atoms with van der Waals surface area (Å²) in [5, 5.41) is 4.45. The lowest BCUT2D eigenvalue weighted by atomic mass is 10.1. The van der Waals surface area contributed by atoms with E-state index in [0.29, 0.717) is 31.2 Å². The van der Waals surface area contributed by atoms with Crippen molar-refractivity contribution in [3.05, 3.63) is 12.6 Å². The van der Waals surface area contributed by atoms with Crippen molar-refractivity contribution in [1.82, 2.24) is 9.78 Å². The second-order valence-electron chi connectivity index (χ2n) is 4.32. The van der Waals surface area contributed by atoms with E-state index >= 15 is 0 Å². The molecular formula is C12H20N3O2. The van der Waals surface area contributed by atoms with Crippen LogP contribution in [-0.4, -0.2) is 29.6 Å². The van der Waals surface area contributed by atoms with Crippen LogP contribution in [0.15, 0.2) is 0 Å². The summed E-state index contributed by atoms with van der Waals surface area (Å²) in [5.74, 6) is 0.668. The highest BCUT2D eigenvalue weighted by Gasteiger charge is 2.23. The van der Waals surface area contributed by atoms with Gasteiger partial charge in [-0.3, -0.25) is 0 Å². The minimum absolute atomic E-state index is 0.236. The third-order valence-corrected chi connectivity index (χ3v) is 2.95. The van der Waals surface area contributed by atoms with Crippen molar-refractivity contribution in [2.75, 3.05) is 25.6 Å². The van der Waals surface area contributed by atoms with E-state index in [1.165, 1.54) is 0 Å². The van der Waals surface area contributed by atoms with Crippen LogP contribution in [0.25, 0.3) is 0 Å². The predicted octanol–water partition coefficient (Wildman–Crippen LogP) is 1.73. The Labute approximate surface area is 102 Å². The molecule has 17 heavy (non-hydrogen) atoms. The summed E-state index contributed by atoms with van der Waals surface area (Å²) in [5.41, 5.74) is 7.42. The molecule has 0 aliphatic carbocycles. The lowest BCUT2D eigenvalue weighted by Crippen LogP contribution is -2.23. The molecule has 2 N–H and O–H groups in total. The maximum atomic E-state index is 5.98. The van der Waals surface area contributed by atoms with Gasteiger partial charge in [0.25, 0.3) is 0 Å². The third-order valence-electron chi connectivity index (χ3n) is 2.95. The van der Waals surface area contributed by atoms with Gasteiger partial charge in [-0.25, -0.2) is 4.68 Å². The molecule has 5 nitrogen and oxygen atoms in total. The lowest BCUT2D eigenvalue weighted by molar-refractivity contribution is 0.0510. The van der Waals surface area contributed by atoms with E-state index in [1.807, 2.05) is 11.6 Å². The predicted molar refractivity (Wildman–Crippen MR) is 65.9 cm³/mol. The zero-order valence-electron chi connectivity index (χ0n) is 10.3. The highest BCUT2D eigenvalue weighted by Crippen LogP contribution is 2.31. The molecule has 1 unspecified atom stereocenters. The van der Waals surface area contributed by atoms with E-state index in [2.05, 4.69) is 12.0 Å². The number of nitrogens with zero attached hydrogens (tertiary/aromatic N) is 2. The fourth-order valence-electron chi connectivity index (χ4n) is 2.02. The zero-order valence-corrected chi connectivity index (χ0v) is 10.3. The molecule has 1 saturated heterocycles. The van der Waals surface area contributed by atoms with E-state index in [-0.39, 0.29) is 6.04 Å². The number of ether oxygens (including phenoxy) is 2. The van der Waals surface area contributed by atoms with Crippen LogP contribution in [0.5, 0.6) is 5.88 Å². The van der Waals surface area contributed by atoms with Crippen molar-refractivity contribution in [3.8, 4) is 5.88 Å². The molecule has 2 rings (SSSR count). The fourth-order valence-corrected chi connectivity index (χ4v) is 2.02. The topological polar surface area (TPSA) is 62.3 Å². The second kappa shape index (κ2) is 5.40. The lowest BCUT2D eigenvalue weighted by Gasteiger charge is -2.23. The van der Waals surface area contributed by atoms with Crippen LogP contribution in [0.1, 0.15) is 31.0 Å². The SMILES string of the molecule is [CH2]CCOc1c(N)c(C)nn1C1CCCOC1. The van der Waals surface area contributed by atoms with Gasteiger partial charge in [-0.1, -0.05) is 0 Å². The Morgan fingerprint density at radius 3 is 3.12 bits per heavy atom. The fraction of sp³-hybridized carbons (Fsp3) is 0.667. The summed E-state index contributed by atoms with van der Waals surface area (Å²) in [6.07, 6.45) is 2.82. The van der Waals surface area contributed by atoms with Crippen molar-refractivity contribution in [2.45, 2.75) is 32.2 Å². The molecule has 2 heterocycles. The average Bonchev–Trinajstić information content (AvgIpc) is 2.65. The molecule has 1 radical (unpaired) electrons. The first-order chi connectivity index (χ1) is 8.24. The normalized spacial score (nSPS) is 20.5. The van der Waals surface area contributed by atoms with Gasteiger partial charge in [0, 0.05) is 6.61 Å². The van der Waals surface area contributed by atoms with Crippen molar-refractivity contribution >= 4 is 5.69 Å². The van der Waals surface area contributed by atoms with E-state index < -0.39 is 0 Å². The van der Waals surface area contributed by atoms with E-state index in [4.69, 9.17) is 15.2 Å². The van der Waals surface area contributed by atoms with Crippen LogP contribution in [0.2, 0.25) is 0 Å². The van der Waals surface area contributed by atoms with E-state index in [0.717, 1.165) is 25.1 Å². The summed E-state index contributed by atoms with van der Waals surface area (Å²) >= 11 is 0. The van der Waals surface area contributed by atoms with Crippen molar-refractivity contribution < 1.29 is 9.47 Å². The highest BCUT2D eigenvalue weighted by molar-refractivity contribution is 5.52. The summed E-state index contributed by atoms with van der Waals surface area (Å²) in [6.45, 7) is 7.73. The van der Waals surface area contributed by atoms with E-state index in [9.17, 15) is 0 Å². The molecule has 95 valence electrons. The van der Waals surface area contributed by atoms with Gasteiger partial charge < -0.3 is 15.2 Å². The van der Waals surface area contributed by atoms with Gasteiger partial charge in [0.2, 0.25) is 5.88 Å². The molecule has 0 saturated carbocycles. The number of hydrogen-bond acceptors (Lipinski definition) is 4. The van der Waals surface area contributed by atoms with Crippen LogP contribution in [0, 0.1) is 13.8 Å². The summed E-state index contributed by atoms with van der Waals surface area (Å²) in [6, 6.07) is 0.236. The summed E-state index contributed by atoms with van der Waals surface area (Å²) in [4.78, 5) is 0. The molecule has 0 bridgehead atoms. The zero-order chi connectivity index (χ0) is 12.3. The first kappa shape index (κ1) is 12.2. The minimum Gasteiger partial charge on any atom is -0.476 e. The Morgan fingerprint density at radius 2 is 2.47 bits per heavy atom. The minimum atomic E-state index is 0.236. The summed E-state index contributed by atoms with van der Waals surface area (Å²) < 4.78 is 13.0. The number of aromatic nitrogens is 2. The number of hydrogen-bond donors (Lipinski definition) is 1. The third kappa shape index (κ3) is 2.54. The second-order valence-corrected chi connectivity index (χ2v) is 4.32. The van der Waals surface area contributed by atoms with Gasteiger partial charge in [-0.2, -0.15) is 5.10 Å². The van der Waals surface area contributed by atoms with Crippen molar-refractivity contribution in [2.24, 2.45) is 0 Å². The molecule has 0 amide bonds. The molecule has 1 aliphatic heterocycles. The number of rotatable bonds is 4. The maximum absolute atomic E-state index is 5.98. The Hall–Kier alpha value is -1.23. The standard InChI is InChI=1S/C12H20N3O2/c1-3-6-17-12-11(13)9(2)14-15(12)10-5-4-7-16-8-10/h10H,1,3-8,13H2,2H3. The number of nitrogen functional groups attached to an aromatic ring is 1. The molecule has 1 fully saturated rings. The summed E-state index contributed by atoms with van der Waals surface area (Å²) in [7, 11) is 0. The Morgan fingerprint density at radius 1 is 1.65 bits per heavy atom. The number of nitrogens with two attached hydrogens (primary N) is 1. The molecule has 1 aliphatic rings. The smallest absolute Gasteiger partial charge is 0.236 e. The number of anilines is 1. The van der Waals surface area contributed by atoms with Gasteiger partial charge in [0.05, 0.1) is 24.9 Å². The largest absolute Gasteiger partial charge is 0.476 e. The van der Waals surface area contributed by atoms with Gasteiger partial charge >= 0.3 is 0 Å². The van der Waals surface area contributed by atoms with Gasteiger partial charge in [-0.15, -0.1) is 0 Å². The maximum Gasteiger partial charge on any atom is 0.236 e. The number of aryl methyl sites for hydroxylation is 1. The molecular weight excluding hydrogens is 218 g/mol. The van der Waals surface area contributed by atoms with Crippen LogP contribution in [-0.2, 0) is 4.74 Å². The van der Waals surface area contributed by atoms with Gasteiger partial charge in [0.15, 0.2) is 0 Å². The Kier molecular flexibility index (Phi) is 3.89. The van der Waals surface area contributed by atoms with Crippen molar-refractivity contribution in [1.29, 1.82) is 0 Å². The molecule has 0 spiro atoms. The van der Waals surface area contributed by atoms with Crippen LogP contribution in [0.4, 0.5) is 5.69 Å². The van der Waals surface area contributed by atoms with Gasteiger partial charge in [0.1, 0.15) is 5.69 Å². The molecule has 5 heteroatoms. The first-order valence-corrected chi connectivity index (χ1v) is 6.08. The van der Waals surface area contributed by atoms with Crippen LogP contribution in [0.3, 0.4) is 0 Å². The van der Waals surface area contributed by atoms with Gasteiger partial charge in [-0.05, 0) is 33.1 Å². The average molecular weight is 238 g/mol. The highest BCUT2D eigenvalue weighted by atomic mass is 16.5. The molecule has 1 aromatic heterocycles. The van der Waals surface area contributed by atoms with Crippen LogP contribution >= 0.6 is 0 Å². The van der Waals surface area contributed by atoms with Crippen LogP contribution < -0.4 is 10.5 Å². The monoisotopic (exact) mass is 238 g/mol. The molecule has 1 atom stereocenters. The molecule has 0 aromatic carbocycles. The van der Waals surface area contributed by atoms with Crippen molar-refractivity contribution in [3.63, 3.8) is 0 Å². The Balaban J connectivity index is 2.21.